The number of nitrogens with two attached hydrogens (primary N) is 1. The van der Waals surface area contributed by atoms with Gasteiger partial charge in [-0.2, -0.15) is 0 Å². The van der Waals surface area contributed by atoms with Gasteiger partial charge < -0.3 is 15.4 Å². The first-order valence-corrected chi connectivity index (χ1v) is 11.9. The predicted octanol–water partition coefficient (Wildman–Crippen LogP) is 2.70. The Hall–Kier alpha value is -2.58. The number of rotatable bonds is 5. The molecule has 3 fully saturated rings. The number of piperidine rings is 2. The van der Waals surface area contributed by atoms with Crippen LogP contribution in [0.25, 0.3) is 11.1 Å². The second-order valence-electron chi connectivity index (χ2n) is 9.14. The zero-order chi connectivity index (χ0) is 22.0. The molecule has 8 heteroatoms. The molecule has 2 aromatic heterocycles. The molecule has 170 valence electrons. The van der Waals surface area contributed by atoms with Gasteiger partial charge in [0.05, 0.1) is 5.69 Å². The zero-order valence-corrected chi connectivity index (χ0v) is 18.6. The normalized spacial score (nSPS) is 23.9. The van der Waals surface area contributed by atoms with Crippen molar-refractivity contribution < 1.29 is 9.53 Å². The highest BCUT2D eigenvalue weighted by atomic mass is 16.5. The highest BCUT2D eigenvalue weighted by molar-refractivity contribution is 5.85. The molecule has 8 nitrogen and oxygen atoms in total. The highest BCUT2D eigenvalue weighted by Gasteiger charge is 2.45. The number of hydrogen-bond donors (Lipinski definition) is 1. The van der Waals surface area contributed by atoms with E-state index in [4.69, 9.17) is 20.4 Å². The van der Waals surface area contributed by atoms with Crippen LogP contribution in [0.2, 0.25) is 0 Å². The van der Waals surface area contributed by atoms with E-state index in [1.807, 2.05) is 18.3 Å². The van der Waals surface area contributed by atoms with Gasteiger partial charge in [-0.05, 0) is 69.3 Å². The first kappa shape index (κ1) is 21.3. The van der Waals surface area contributed by atoms with Crippen molar-refractivity contribution in [2.45, 2.75) is 56.6 Å². The van der Waals surface area contributed by atoms with Gasteiger partial charge in [0.15, 0.2) is 0 Å². The minimum atomic E-state index is -0.536. The number of pyridine rings is 1. The van der Waals surface area contributed by atoms with E-state index >= 15 is 0 Å². The average molecular weight is 437 g/mol. The Bertz CT molecular complexity index is 933. The van der Waals surface area contributed by atoms with E-state index in [2.05, 4.69) is 14.8 Å². The fourth-order valence-electron chi connectivity index (χ4n) is 5.45. The van der Waals surface area contributed by atoms with E-state index in [0.29, 0.717) is 18.8 Å². The molecule has 0 bridgehead atoms. The summed E-state index contributed by atoms with van der Waals surface area (Å²) in [7, 11) is 0. The average Bonchev–Trinajstić information content (AvgIpc) is 3.40. The third-order valence-electron chi connectivity index (χ3n) is 7.33. The summed E-state index contributed by atoms with van der Waals surface area (Å²) in [5, 5.41) is 0. The summed E-state index contributed by atoms with van der Waals surface area (Å²) in [6, 6.07) is 3.97. The SMILES string of the molecule is NC(=O)C1(N2CCCCC2)CCN(c2ncc(-c3ccncc3)c([C@H]3CCCO3)n2)CC1. The van der Waals surface area contributed by atoms with Gasteiger partial charge in [-0.15, -0.1) is 0 Å². The molecule has 0 spiro atoms. The summed E-state index contributed by atoms with van der Waals surface area (Å²) in [6.45, 7) is 4.13. The Labute approximate surface area is 189 Å². The largest absolute Gasteiger partial charge is 0.372 e. The van der Waals surface area contributed by atoms with E-state index in [1.54, 1.807) is 12.4 Å². The summed E-state index contributed by atoms with van der Waals surface area (Å²) in [5.41, 5.74) is 8.42. The molecule has 1 atom stereocenters. The van der Waals surface area contributed by atoms with Gasteiger partial charge in [0, 0.05) is 43.9 Å². The summed E-state index contributed by atoms with van der Waals surface area (Å²) in [4.78, 5) is 30.9. The molecule has 0 radical (unpaired) electrons. The number of likely N-dealkylation sites (tertiary alicyclic amines) is 1. The quantitative estimate of drug-likeness (QED) is 0.769. The minimum absolute atomic E-state index is 0.0113. The lowest BCUT2D eigenvalue weighted by Gasteiger charge is -2.48. The number of primary amides is 1. The van der Waals surface area contributed by atoms with E-state index in [1.165, 1.54) is 6.42 Å². The van der Waals surface area contributed by atoms with Crippen LogP contribution in [0.3, 0.4) is 0 Å². The molecule has 0 saturated carbocycles. The van der Waals surface area contributed by atoms with Gasteiger partial charge in [-0.3, -0.25) is 14.7 Å². The lowest BCUT2D eigenvalue weighted by atomic mass is 9.83. The number of aromatic nitrogens is 3. The molecule has 1 amide bonds. The van der Waals surface area contributed by atoms with Crippen LogP contribution in [0.1, 0.15) is 56.7 Å². The van der Waals surface area contributed by atoms with Crippen LogP contribution in [-0.4, -0.2) is 64.1 Å². The first-order chi connectivity index (χ1) is 15.7. The molecule has 3 aliphatic rings. The molecule has 2 aromatic rings. The fourth-order valence-corrected chi connectivity index (χ4v) is 5.45. The van der Waals surface area contributed by atoms with E-state index < -0.39 is 5.54 Å². The van der Waals surface area contributed by atoms with E-state index in [9.17, 15) is 4.79 Å². The number of carbonyl (C=O) groups excluding carboxylic acids is 1. The number of anilines is 1. The van der Waals surface area contributed by atoms with Crippen molar-refractivity contribution in [1.82, 2.24) is 19.9 Å². The molecule has 3 aliphatic heterocycles. The summed E-state index contributed by atoms with van der Waals surface area (Å²) in [5.74, 6) is 0.526. The Morgan fingerprint density at radius 2 is 1.81 bits per heavy atom. The van der Waals surface area contributed by atoms with Crippen LogP contribution in [0.15, 0.2) is 30.7 Å². The summed E-state index contributed by atoms with van der Waals surface area (Å²) < 4.78 is 6.00. The zero-order valence-electron chi connectivity index (χ0n) is 18.6. The van der Waals surface area contributed by atoms with Crippen molar-refractivity contribution in [1.29, 1.82) is 0 Å². The first-order valence-electron chi connectivity index (χ1n) is 11.9. The van der Waals surface area contributed by atoms with Gasteiger partial charge in [-0.1, -0.05) is 6.42 Å². The van der Waals surface area contributed by atoms with Crippen LogP contribution in [-0.2, 0) is 9.53 Å². The van der Waals surface area contributed by atoms with Gasteiger partial charge in [-0.25, -0.2) is 9.97 Å². The smallest absolute Gasteiger partial charge is 0.238 e. The van der Waals surface area contributed by atoms with Gasteiger partial charge >= 0.3 is 0 Å². The second kappa shape index (κ2) is 9.11. The summed E-state index contributed by atoms with van der Waals surface area (Å²) >= 11 is 0. The van der Waals surface area contributed by atoms with Crippen molar-refractivity contribution in [2.75, 3.05) is 37.7 Å². The Morgan fingerprint density at radius 3 is 2.47 bits per heavy atom. The van der Waals surface area contributed by atoms with Crippen LogP contribution in [0, 0.1) is 0 Å². The van der Waals surface area contributed by atoms with Crippen LogP contribution < -0.4 is 10.6 Å². The minimum Gasteiger partial charge on any atom is -0.372 e. The van der Waals surface area contributed by atoms with Crippen molar-refractivity contribution in [3.05, 3.63) is 36.4 Å². The molecule has 0 aromatic carbocycles. The number of nitrogens with zero attached hydrogens (tertiary/aromatic N) is 5. The van der Waals surface area contributed by atoms with Crippen LogP contribution >= 0.6 is 0 Å². The lowest BCUT2D eigenvalue weighted by Crippen LogP contribution is -2.63. The Balaban J connectivity index is 1.39. The molecular weight excluding hydrogens is 404 g/mol. The van der Waals surface area contributed by atoms with E-state index in [0.717, 1.165) is 75.3 Å². The predicted molar refractivity (Wildman–Crippen MR) is 122 cm³/mol. The monoisotopic (exact) mass is 436 g/mol. The number of carbonyl (C=O) groups is 1. The molecule has 3 saturated heterocycles. The standard InChI is InChI=1S/C24H32N6O2/c25-22(31)24(30-12-2-1-3-13-30)8-14-29(15-9-24)23-27-17-19(18-6-10-26-11-7-18)21(28-23)20-5-4-16-32-20/h6-7,10-11,17,20H,1-5,8-9,12-16H2,(H2,25,31)/t20-/m1/s1. The van der Waals surface area contributed by atoms with Gasteiger partial charge in [0.2, 0.25) is 11.9 Å². The van der Waals surface area contributed by atoms with Crippen molar-refractivity contribution in [3.63, 3.8) is 0 Å². The number of ether oxygens (including phenoxy) is 1. The van der Waals surface area contributed by atoms with Crippen molar-refractivity contribution in [3.8, 4) is 11.1 Å². The lowest BCUT2D eigenvalue weighted by molar-refractivity contribution is -0.132. The molecule has 2 N–H and O–H groups in total. The molecule has 0 aliphatic carbocycles. The molecule has 32 heavy (non-hydrogen) atoms. The van der Waals surface area contributed by atoms with E-state index in [-0.39, 0.29) is 12.0 Å². The number of hydrogen-bond acceptors (Lipinski definition) is 7. The van der Waals surface area contributed by atoms with Crippen LogP contribution in [0.5, 0.6) is 0 Å². The van der Waals surface area contributed by atoms with Crippen LogP contribution in [0.4, 0.5) is 5.95 Å². The third-order valence-corrected chi connectivity index (χ3v) is 7.33. The Morgan fingerprint density at radius 1 is 1.06 bits per heavy atom. The highest BCUT2D eigenvalue weighted by Crippen LogP contribution is 2.36. The molecule has 0 unspecified atom stereocenters. The molecule has 5 heterocycles. The maximum atomic E-state index is 12.6. The van der Waals surface area contributed by atoms with Gasteiger partial charge in [0.1, 0.15) is 11.6 Å². The molecule has 5 rings (SSSR count). The summed E-state index contributed by atoms with van der Waals surface area (Å²) in [6.07, 6.45) is 12.4. The van der Waals surface area contributed by atoms with Gasteiger partial charge in [0.25, 0.3) is 0 Å². The topological polar surface area (TPSA) is 97.5 Å². The fraction of sp³-hybridized carbons (Fsp3) is 0.583. The third kappa shape index (κ3) is 3.97. The number of amides is 1. The maximum absolute atomic E-state index is 12.6. The molecular formula is C24H32N6O2. The van der Waals surface area contributed by atoms with Crippen molar-refractivity contribution in [2.24, 2.45) is 5.73 Å². The Kier molecular flexibility index (Phi) is 6.06. The van der Waals surface area contributed by atoms with Crippen molar-refractivity contribution >= 4 is 11.9 Å². The maximum Gasteiger partial charge on any atom is 0.238 e. The second-order valence-corrected chi connectivity index (χ2v) is 9.14.